The molecule has 216 valence electrons. The highest BCUT2D eigenvalue weighted by Gasteiger charge is 2.31. The van der Waals surface area contributed by atoms with Crippen molar-refractivity contribution in [3.05, 3.63) is 77.6 Å². The number of unbranched alkanes of at least 4 members (excludes halogenated alkanes) is 1. The molecule has 0 atom stereocenters. The molecule has 3 heterocycles. The van der Waals surface area contributed by atoms with Gasteiger partial charge in [0.25, 0.3) is 5.91 Å². The molecule has 2 aliphatic heterocycles. The lowest BCUT2D eigenvalue weighted by Crippen LogP contribution is -2.33. The van der Waals surface area contributed by atoms with Gasteiger partial charge in [-0.3, -0.25) is 14.7 Å². The number of carbonyl (C=O) groups is 2. The number of fused-ring (bicyclic) bond motifs is 1. The minimum atomic E-state index is -4.50. The van der Waals surface area contributed by atoms with E-state index in [0.717, 1.165) is 37.1 Å². The zero-order valence-electron chi connectivity index (χ0n) is 22.5. The van der Waals surface area contributed by atoms with Crippen molar-refractivity contribution in [2.24, 2.45) is 0 Å². The van der Waals surface area contributed by atoms with Gasteiger partial charge in [-0.25, -0.2) is 4.79 Å². The van der Waals surface area contributed by atoms with Crippen LogP contribution in [-0.2, 0) is 12.6 Å². The number of nitrogens with zero attached hydrogens (tertiary/aromatic N) is 3. The molecular formula is C30H32F3N5O3. The van der Waals surface area contributed by atoms with Crippen molar-refractivity contribution in [2.75, 3.05) is 42.9 Å². The first-order chi connectivity index (χ1) is 19.8. The van der Waals surface area contributed by atoms with Crippen LogP contribution in [0.25, 0.3) is 0 Å². The Balaban J connectivity index is 1.15. The van der Waals surface area contributed by atoms with Gasteiger partial charge in [0, 0.05) is 36.7 Å². The lowest BCUT2D eigenvalue weighted by Gasteiger charge is -2.19. The molecule has 8 nitrogen and oxygen atoms in total. The third-order valence-corrected chi connectivity index (χ3v) is 7.22. The number of likely N-dealkylation sites (tertiary alicyclic amines) is 1. The van der Waals surface area contributed by atoms with E-state index in [1.807, 2.05) is 6.07 Å². The molecule has 0 radical (unpaired) electrons. The van der Waals surface area contributed by atoms with Crippen molar-refractivity contribution < 1.29 is 27.5 Å². The number of ether oxygens (including phenoxy) is 1. The number of pyridine rings is 1. The molecule has 3 aromatic rings. The number of anilines is 2. The largest absolute Gasteiger partial charge is 0.457 e. The van der Waals surface area contributed by atoms with E-state index in [4.69, 9.17) is 4.74 Å². The molecule has 11 heteroatoms. The first-order valence-corrected chi connectivity index (χ1v) is 13.8. The SMILES string of the molecule is O=C(NCCCCN1CCCC1)c1cc(Oc2ccc3c(c2)CCN3C(=O)Nc2cccc(C(F)(F)F)c2)ccn1. The lowest BCUT2D eigenvalue weighted by atomic mass is 10.1. The molecule has 0 unspecified atom stereocenters. The van der Waals surface area contributed by atoms with Gasteiger partial charge in [0.2, 0.25) is 0 Å². The van der Waals surface area contributed by atoms with Gasteiger partial charge in [-0.15, -0.1) is 0 Å². The van der Waals surface area contributed by atoms with Crippen LogP contribution in [0.3, 0.4) is 0 Å². The minimum Gasteiger partial charge on any atom is -0.457 e. The zero-order valence-corrected chi connectivity index (χ0v) is 22.5. The summed E-state index contributed by atoms with van der Waals surface area (Å²) in [5.74, 6) is 0.729. The number of urea groups is 1. The quantitative estimate of drug-likeness (QED) is 0.306. The van der Waals surface area contributed by atoms with Crippen molar-refractivity contribution >= 4 is 23.3 Å². The summed E-state index contributed by atoms with van der Waals surface area (Å²) < 4.78 is 45.0. The molecule has 0 aliphatic carbocycles. The van der Waals surface area contributed by atoms with Crippen LogP contribution in [0.15, 0.2) is 60.8 Å². The molecule has 2 aliphatic rings. The molecule has 1 aromatic heterocycles. The molecule has 0 bridgehead atoms. The van der Waals surface area contributed by atoms with E-state index in [-0.39, 0.29) is 17.3 Å². The van der Waals surface area contributed by atoms with Crippen LogP contribution in [-0.4, -0.2) is 54.5 Å². The summed E-state index contributed by atoms with van der Waals surface area (Å²) in [5, 5.41) is 5.47. The predicted molar refractivity (Wildman–Crippen MR) is 150 cm³/mol. The van der Waals surface area contributed by atoms with E-state index < -0.39 is 17.8 Å². The van der Waals surface area contributed by atoms with Crippen LogP contribution < -0.4 is 20.3 Å². The highest BCUT2D eigenvalue weighted by atomic mass is 19.4. The number of aromatic nitrogens is 1. The van der Waals surface area contributed by atoms with Crippen molar-refractivity contribution in [1.82, 2.24) is 15.2 Å². The topological polar surface area (TPSA) is 86.8 Å². The molecule has 1 saturated heterocycles. The average Bonchev–Trinajstić information content (AvgIpc) is 3.62. The standard InChI is InChI=1S/C30H32F3N5O3/c31-30(32,33)22-6-5-7-23(19-22)36-29(40)38-17-11-21-18-24(8-9-27(21)38)41-25-10-13-34-26(20-25)28(39)35-12-1-2-14-37-15-3-4-16-37/h5-10,13,18-20H,1-4,11-12,14-17H2,(H,35,39)(H,36,40). The Morgan fingerprint density at radius 1 is 0.951 bits per heavy atom. The maximum Gasteiger partial charge on any atom is 0.416 e. The van der Waals surface area contributed by atoms with Crippen LogP contribution >= 0.6 is 0 Å². The molecule has 2 aromatic carbocycles. The van der Waals surface area contributed by atoms with E-state index in [0.29, 0.717) is 36.7 Å². The number of nitrogens with one attached hydrogen (secondary N) is 2. The Hall–Kier alpha value is -4.12. The van der Waals surface area contributed by atoms with Crippen LogP contribution in [0.1, 0.15) is 47.3 Å². The number of carbonyl (C=O) groups excluding carboxylic acids is 2. The second-order valence-corrected chi connectivity index (χ2v) is 10.2. The monoisotopic (exact) mass is 567 g/mol. The summed E-state index contributed by atoms with van der Waals surface area (Å²) >= 11 is 0. The highest BCUT2D eigenvalue weighted by Crippen LogP contribution is 2.34. The minimum absolute atomic E-state index is 0.0674. The second kappa shape index (κ2) is 12.6. The van der Waals surface area contributed by atoms with Gasteiger partial charge in [0.05, 0.1) is 5.56 Å². The number of benzene rings is 2. The number of hydrogen-bond acceptors (Lipinski definition) is 5. The first-order valence-electron chi connectivity index (χ1n) is 13.8. The van der Waals surface area contributed by atoms with Crippen LogP contribution in [0.2, 0.25) is 0 Å². The Kier molecular flexibility index (Phi) is 8.72. The molecular weight excluding hydrogens is 535 g/mol. The molecule has 0 spiro atoms. The molecule has 5 rings (SSSR count). The fourth-order valence-corrected chi connectivity index (χ4v) is 5.11. The average molecular weight is 568 g/mol. The number of alkyl halides is 3. The number of halogens is 3. The van der Waals surface area contributed by atoms with Crippen molar-refractivity contribution in [2.45, 2.75) is 38.3 Å². The van der Waals surface area contributed by atoms with E-state index in [2.05, 4.69) is 20.5 Å². The van der Waals surface area contributed by atoms with Gasteiger partial charge in [0.15, 0.2) is 0 Å². The lowest BCUT2D eigenvalue weighted by molar-refractivity contribution is -0.137. The summed E-state index contributed by atoms with van der Waals surface area (Å²) in [6.07, 6.45) is 2.07. The van der Waals surface area contributed by atoms with Crippen LogP contribution in [0.4, 0.5) is 29.3 Å². The normalized spacial score (nSPS) is 15.0. The third kappa shape index (κ3) is 7.35. The van der Waals surface area contributed by atoms with Gasteiger partial charge < -0.3 is 20.3 Å². The summed E-state index contributed by atoms with van der Waals surface area (Å²) in [4.78, 5) is 33.5. The van der Waals surface area contributed by atoms with E-state index in [1.54, 1.807) is 24.3 Å². The zero-order chi connectivity index (χ0) is 28.8. The maximum absolute atomic E-state index is 13.0. The number of hydrogen-bond donors (Lipinski definition) is 2. The van der Waals surface area contributed by atoms with Crippen LogP contribution in [0.5, 0.6) is 11.5 Å². The smallest absolute Gasteiger partial charge is 0.416 e. The Morgan fingerprint density at radius 2 is 1.76 bits per heavy atom. The van der Waals surface area contributed by atoms with E-state index in [1.165, 1.54) is 49.2 Å². The Bertz CT molecular complexity index is 1390. The van der Waals surface area contributed by atoms with Crippen molar-refractivity contribution in [3.8, 4) is 11.5 Å². The highest BCUT2D eigenvalue weighted by molar-refractivity contribution is 6.03. The van der Waals surface area contributed by atoms with E-state index in [9.17, 15) is 22.8 Å². The fourth-order valence-electron chi connectivity index (χ4n) is 5.11. The Labute approximate surface area is 236 Å². The fraction of sp³-hybridized carbons (Fsp3) is 0.367. The summed E-state index contributed by atoms with van der Waals surface area (Å²) in [7, 11) is 0. The Morgan fingerprint density at radius 3 is 2.56 bits per heavy atom. The second-order valence-electron chi connectivity index (χ2n) is 10.2. The van der Waals surface area contributed by atoms with Gasteiger partial charge in [-0.1, -0.05) is 6.07 Å². The number of rotatable bonds is 9. The summed E-state index contributed by atoms with van der Waals surface area (Å²) in [5.41, 5.74) is 1.02. The third-order valence-electron chi connectivity index (χ3n) is 7.22. The first kappa shape index (κ1) is 28.4. The number of amides is 3. The van der Waals surface area contributed by atoms with Gasteiger partial charge in [-0.05, 0) is 99.8 Å². The molecule has 41 heavy (non-hydrogen) atoms. The molecule has 1 fully saturated rings. The maximum atomic E-state index is 13.0. The molecule has 3 amide bonds. The van der Waals surface area contributed by atoms with Crippen LogP contribution in [0, 0.1) is 0 Å². The van der Waals surface area contributed by atoms with Gasteiger partial charge in [-0.2, -0.15) is 13.2 Å². The molecule has 2 N–H and O–H groups in total. The summed E-state index contributed by atoms with van der Waals surface area (Å²) in [6, 6.07) is 12.5. The summed E-state index contributed by atoms with van der Waals surface area (Å²) in [6.45, 7) is 4.37. The molecule has 0 saturated carbocycles. The predicted octanol–water partition coefficient (Wildman–Crippen LogP) is 6.09. The van der Waals surface area contributed by atoms with Crippen molar-refractivity contribution in [1.29, 1.82) is 0 Å². The van der Waals surface area contributed by atoms with E-state index >= 15 is 0 Å². The van der Waals surface area contributed by atoms with Crippen molar-refractivity contribution in [3.63, 3.8) is 0 Å². The van der Waals surface area contributed by atoms with Gasteiger partial charge in [0.1, 0.15) is 17.2 Å². The van der Waals surface area contributed by atoms with Gasteiger partial charge >= 0.3 is 12.2 Å².